The smallest absolute Gasteiger partial charge is 0.325 e. The van der Waals surface area contributed by atoms with Gasteiger partial charge in [-0.15, -0.1) is 0 Å². The fourth-order valence-corrected chi connectivity index (χ4v) is 3.05. The van der Waals surface area contributed by atoms with Gasteiger partial charge in [-0.25, -0.2) is 13.6 Å². The first-order valence-electron chi connectivity index (χ1n) is 8.87. The van der Waals surface area contributed by atoms with Crippen molar-refractivity contribution >= 4 is 23.5 Å². The molecule has 7 nitrogen and oxygen atoms in total. The zero-order valence-electron chi connectivity index (χ0n) is 15.8. The third-order valence-corrected chi connectivity index (χ3v) is 4.49. The molecule has 0 aliphatic carbocycles. The number of carbonyl (C=O) groups excluding carboxylic acids is 3. The first kappa shape index (κ1) is 20.2. The number of urea groups is 1. The van der Waals surface area contributed by atoms with Crippen LogP contribution in [0.25, 0.3) is 0 Å². The van der Waals surface area contributed by atoms with Gasteiger partial charge in [-0.1, -0.05) is 0 Å². The van der Waals surface area contributed by atoms with Crippen molar-refractivity contribution in [2.45, 2.75) is 19.4 Å². The highest BCUT2D eigenvalue weighted by atomic mass is 19.1. The minimum atomic E-state index is -1.82. The molecule has 0 aromatic heterocycles. The second kappa shape index (κ2) is 7.86. The van der Waals surface area contributed by atoms with Crippen molar-refractivity contribution in [1.82, 2.24) is 10.2 Å². The summed E-state index contributed by atoms with van der Waals surface area (Å²) in [7, 11) is 0. The van der Waals surface area contributed by atoms with Gasteiger partial charge in [-0.05, 0) is 56.3 Å². The molecule has 2 N–H and O–H groups in total. The third kappa shape index (κ3) is 4.03. The quantitative estimate of drug-likeness (QED) is 0.726. The van der Waals surface area contributed by atoms with Gasteiger partial charge in [-0.2, -0.15) is 0 Å². The van der Waals surface area contributed by atoms with E-state index in [2.05, 4.69) is 10.6 Å². The lowest BCUT2D eigenvalue weighted by atomic mass is 9.91. The maximum atomic E-state index is 14.2. The number of nitrogens with one attached hydrogen (secondary N) is 2. The van der Waals surface area contributed by atoms with E-state index in [1.807, 2.05) is 6.92 Å². The average molecular weight is 403 g/mol. The Labute approximate surface area is 165 Å². The van der Waals surface area contributed by atoms with Crippen LogP contribution >= 0.6 is 0 Å². The maximum absolute atomic E-state index is 14.2. The van der Waals surface area contributed by atoms with Gasteiger partial charge in [0, 0.05) is 11.3 Å². The Hall–Kier alpha value is -3.49. The number of hydrogen-bond donors (Lipinski definition) is 2. The summed E-state index contributed by atoms with van der Waals surface area (Å²) in [6.45, 7) is 3.03. The molecule has 4 amide bonds. The second-order valence-corrected chi connectivity index (χ2v) is 6.58. The van der Waals surface area contributed by atoms with Crippen LogP contribution in [-0.2, 0) is 15.1 Å². The SMILES string of the molecule is CCOc1ccc(NC(=O)CN2C(=O)N[C@@](C)(c3cc(F)ccc3F)C2=O)cc1. The first-order chi connectivity index (χ1) is 13.7. The van der Waals surface area contributed by atoms with Gasteiger partial charge in [0.25, 0.3) is 5.91 Å². The second-order valence-electron chi connectivity index (χ2n) is 6.58. The van der Waals surface area contributed by atoms with Crippen molar-refractivity contribution in [3.05, 3.63) is 59.7 Å². The highest BCUT2D eigenvalue weighted by Crippen LogP contribution is 2.31. The number of carbonyl (C=O) groups is 3. The Morgan fingerprint density at radius 3 is 2.52 bits per heavy atom. The van der Waals surface area contributed by atoms with Crippen LogP contribution in [-0.4, -0.2) is 35.9 Å². The summed E-state index contributed by atoms with van der Waals surface area (Å²) in [5.74, 6) is -2.44. The summed E-state index contributed by atoms with van der Waals surface area (Å²) in [4.78, 5) is 38.0. The molecule has 152 valence electrons. The van der Waals surface area contributed by atoms with Gasteiger partial charge in [0.15, 0.2) is 0 Å². The van der Waals surface area contributed by atoms with E-state index in [1.54, 1.807) is 24.3 Å². The molecule has 0 unspecified atom stereocenters. The number of rotatable bonds is 6. The molecule has 9 heteroatoms. The highest BCUT2D eigenvalue weighted by Gasteiger charge is 2.50. The van der Waals surface area contributed by atoms with Crippen LogP contribution in [0.4, 0.5) is 19.3 Å². The molecule has 2 aromatic carbocycles. The molecule has 1 atom stereocenters. The number of amides is 4. The van der Waals surface area contributed by atoms with Crippen molar-refractivity contribution in [2.24, 2.45) is 0 Å². The van der Waals surface area contributed by atoms with E-state index in [-0.39, 0.29) is 5.56 Å². The van der Waals surface area contributed by atoms with Crippen LogP contribution in [0.5, 0.6) is 5.75 Å². The minimum absolute atomic E-state index is 0.315. The largest absolute Gasteiger partial charge is 0.494 e. The third-order valence-electron chi connectivity index (χ3n) is 4.49. The Balaban J connectivity index is 1.73. The van der Waals surface area contributed by atoms with Crippen LogP contribution in [0.3, 0.4) is 0 Å². The molecule has 0 saturated carbocycles. The number of imide groups is 1. The number of halogens is 2. The lowest BCUT2D eigenvalue weighted by Gasteiger charge is -2.22. The Morgan fingerprint density at radius 2 is 1.86 bits per heavy atom. The van der Waals surface area contributed by atoms with Gasteiger partial charge in [0.2, 0.25) is 5.91 Å². The normalized spacial score (nSPS) is 18.6. The van der Waals surface area contributed by atoms with Gasteiger partial charge >= 0.3 is 6.03 Å². The molecular formula is C20H19F2N3O4. The molecule has 1 aliphatic heterocycles. The molecule has 0 spiro atoms. The van der Waals surface area contributed by atoms with Crippen LogP contribution in [0.2, 0.25) is 0 Å². The Bertz CT molecular complexity index is 965. The minimum Gasteiger partial charge on any atom is -0.494 e. The molecule has 1 aliphatic rings. The van der Waals surface area contributed by atoms with Crippen LogP contribution < -0.4 is 15.4 Å². The predicted octanol–water partition coefficient (Wildman–Crippen LogP) is 2.77. The Kier molecular flexibility index (Phi) is 5.49. The summed E-state index contributed by atoms with van der Waals surface area (Å²) in [6, 6.07) is 8.30. The lowest BCUT2D eigenvalue weighted by molar-refractivity contribution is -0.133. The van der Waals surface area contributed by atoms with Gasteiger partial charge in [-0.3, -0.25) is 14.5 Å². The van der Waals surface area contributed by atoms with Gasteiger partial charge < -0.3 is 15.4 Å². The van der Waals surface area contributed by atoms with Crippen LogP contribution in [0.15, 0.2) is 42.5 Å². The molecule has 3 rings (SSSR count). The summed E-state index contributed by atoms with van der Waals surface area (Å²) >= 11 is 0. The lowest BCUT2D eigenvalue weighted by Crippen LogP contribution is -2.42. The Morgan fingerprint density at radius 1 is 1.17 bits per heavy atom. The zero-order valence-corrected chi connectivity index (χ0v) is 15.8. The number of ether oxygens (including phenoxy) is 1. The molecule has 2 aromatic rings. The van der Waals surface area contributed by atoms with E-state index in [1.165, 1.54) is 6.92 Å². The highest BCUT2D eigenvalue weighted by molar-refractivity contribution is 6.10. The summed E-state index contributed by atoms with van der Waals surface area (Å²) in [6.07, 6.45) is 0. The van der Waals surface area contributed by atoms with Gasteiger partial charge in [0.1, 0.15) is 29.5 Å². The van der Waals surface area contributed by atoms with Crippen molar-refractivity contribution in [3.8, 4) is 5.75 Å². The van der Waals surface area contributed by atoms with Gasteiger partial charge in [0.05, 0.1) is 6.61 Å². The van der Waals surface area contributed by atoms with Crippen molar-refractivity contribution in [2.75, 3.05) is 18.5 Å². The molecule has 1 heterocycles. The van der Waals surface area contributed by atoms with E-state index in [0.29, 0.717) is 22.9 Å². The van der Waals surface area contributed by atoms with E-state index in [0.717, 1.165) is 18.2 Å². The fraction of sp³-hybridized carbons (Fsp3) is 0.250. The van der Waals surface area contributed by atoms with Crippen molar-refractivity contribution in [1.29, 1.82) is 0 Å². The molecular weight excluding hydrogens is 384 g/mol. The molecule has 0 bridgehead atoms. The van der Waals surface area contributed by atoms with Crippen molar-refractivity contribution < 1.29 is 27.9 Å². The monoisotopic (exact) mass is 403 g/mol. The molecule has 1 fully saturated rings. The molecule has 1 saturated heterocycles. The van der Waals surface area contributed by atoms with Crippen molar-refractivity contribution in [3.63, 3.8) is 0 Å². The first-order valence-corrected chi connectivity index (χ1v) is 8.87. The molecule has 0 radical (unpaired) electrons. The number of benzene rings is 2. The standard InChI is InChI=1S/C20H19F2N3O4/c1-3-29-14-7-5-13(6-8-14)23-17(26)11-25-18(27)20(2,24-19(25)28)15-10-12(21)4-9-16(15)22/h4-10H,3,11H2,1-2H3,(H,23,26)(H,24,28)/t20-/m0/s1. The van der Waals surface area contributed by atoms with E-state index >= 15 is 0 Å². The predicted molar refractivity (Wildman–Crippen MR) is 100 cm³/mol. The number of anilines is 1. The zero-order chi connectivity index (χ0) is 21.2. The van der Waals surface area contributed by atoms with E-state index < -0.39 is 41.6 Å². The summed E-state index contributed by atoms with van der Waals surface area (Å²) < 4.78 is 33.0. The summed E-state index contributed by atoms with van der Waals surface area (Å²) in [5.41, 5.74) is -1.68. The topological polar surface area (TPSA) is 87.7 Å². The van der Waals surface area contributed by atoms with E-state index in [9.17, 15) is 23.2 Å². The van der Waals surface area contributed by atoms with Crippen LogP contribution in [0, 0.1) is 11.6 Å². The van der Waals surface area contributed by atoms with Crippen LogP contribution in [0.1, 0.15) is 19.4 Å². The molecule has 29 heavy (non-hydrogen) atoms. The average Bonchev–Trinajstić information content (AvgIpc) is 2.89. The maximum Gasteiger partial charge on any atom is 0.325 e. The fourth-order valence-electron chi connectivity index (χ4n) is 3.05. The number of nitrogens with zero attached hydrogens (tertiary/aromatic N) is 1. The van der Waals surface area contributed by atoms with E-state index in [4.69, 9.17) is 4.74 Å². The number of hydrogen-bond acceptors (Lipinski definition) is 4. The summed E-state index contributed by atoms with van der Waals surface area (Å²) in [5, 5.41) is 4.90.